The summed E-state index contributed by atoms with van der Waals surface area (Å²) >= 11 is 0. The summed E-state index contributed by atoms with van der Waals surface area (Å²) in [5.74, 6) is 0.109. The van der Waals surface area contributed by atoms with Gasteiger partial charge in [-0.15, -0.1) is 0 Å². The third-order valence-electron chi connectivity index (χ3n) is 2.86. The maximum atomic E-state index is 7.32. The molecule has 4 nitrogen and oxygen atoms in total. The summed E-state index contributed by atoms with van der Waals surface area (Å²) < 4.78 is 5.13. The van der Waals surface area contributed by atoms with Gasteiger partial charge in [0.2, 0.25) is 0 Å². The molecule has 0 saturated carbocycles. The molecule has 0 fully saturated rings. The summed E-state index contributed by atoms with van der Waals surface area (Å²) in [6, 6.07) is 8.16. The van der Waals surface area contributed by atoms with Crippen LogP contribution in [0, 0.1) is 5.41 Å². The number of ether oxygens (including phenoxy) is 1. The number of methoxy groups -OCH3 is 1. The number of rotatable bonds is 6. The predicted molar refractivity (Wildman–Crippen MR) is 70.3 cm³/mol. The molecule has 1 atom stereocenters. The number of hydrogen-bond donors (Lipinski definition) is 2. The van der Waals surface area contributed by atoms with Crippen molar-refractivity contribution in [3.05, 3.63) is 35.4 Å². The van der Waals surface area contributed by atoms with Crippen LogP contribution in [0.25, 0.3) is 0 Å². The molecule has 4 heteroatoms. The van der Waals surface area contributed by atoms with Gasteiger partial charge in [-0.1, -0.05) is 24.3 Å². The molecule has 0 saturated heterocycles. The molecule has 0 radical (unpaired) electrons. The number of hydrogen-bond acceptors (Lipinski definition) is 3. The number of nitrogens with two attached hydrogens (primary N) is 1. The standard InChI is InChI=1S/C13H21N3O/c1-10(9-17-3)16(2)8-11-4-6-12(7-5-11)13(14)15/h4-7,10H,8-9H2,1-3H3,(H3,14,15). The van der Waals surface area contributed by atoms with Gasteiger partial charge in [-0.25, -0.2) is 0 Å². The van der Waals surface area contributed by atoms with E-state index in [4.69, 9.17) is 15.9 Å². The predicted octanol–water partition coefficient (Wildman–Crippen LogP) is 1.44. The van der Waals surface area contributed by atoms with Gasteiger partial charge in [-0.2, -0.15) is 0 Å². The molecule has 3 N–H and O–H groups in total. The molecule has 0 amide bonds. The fraction of sp³-hybridized carbons (Fsp3) is 0.462. The van der Waals surface area contributed by atoms with Gasteiger partial charge in [-0.05, 0) is 19.5 Å². The maximum Gasteiger partial charge on any atom is 0.122 e. The minimum absolute atomic E-state index is 0.109. The van der Waals surface area contributed by atoms with Crippen molar-refractivity contribution in [1.82, 2.24) is 4.90 Å². The van der Waals surface area contributed by atoms with E-state index in [0.29, 0.717) is 6.04 Å². The van der Waals surface area contributed by atoms with Crippen LogP contribution in [0.3, 0.4) is 0 Å². The van der Waals surface area contributed by atoms with Crippen molar-refractivity contribution in [3.8, 4) is 0 Å². The zero-order chi connectivity index (χ0) is 12.8. The Balaban J connectivity index is 2.59. The molecule has 0 heterocycles. The number of nitrogens with zero attached hydrogens (tertiary/aromatic N) is 1. The van der Waals surface area contributed by atoms with E-state index in [0.717, 1.165) is 18.7 Å². The lowest BCUT2D eigenvalue weighted by atomic mass is 10.1. The zero-order valence-corrected chi connectivity index (χ0v) is 10.7. The summed E-state index contributed by atoms with van der Waals surface area (Å²) in [6.45, 7) is 3.72. The smallest absolute Gasteiger partial charge is 0.122 e. The van der Waals surface area contributed by atoms with E-state index in [1.54, 1.807) is 7.11 Å². The van der Waals surface area contributed by atoms with E-state index in [2.05, 4.69) is 18.9 Å². The SMILES string of the molecule is COCC(C)N(C)Cc1ccc(C(=N)N)cc1. The maximum absolute atomic E-state index is 7.32. The largest absolute Gasteiger partial charge is 0.384 e. The Bertz CT molecular complexity index is 361. The monoisotopic (exact) mass is 235 g/mol. The van der Waals surface area contributed by atoms with Crippen LogP contribution in [0.15, 0.2) is 24.3 Å². The Hall–Kier alpha value is -1.39. The van der Waals surface area contributed by atoms with Crippen LogP contribution in [0.5, 0.6) is 0 Å². The Morgan fingerprint density at radius 3 is 2.47 bits per heavy atom. The minimum atomic E-state index is 0.109. The number of nitrogens with one attached hydrogen (secondary N) is 1. The Morgan fingerprint density at radius 2 is 2.00 bits per heavy atom. The lowest BCUT2D eigenvalue weighted by Gasteiger charge is -2.24. The van der Waals surface area contributed by atoms with Crippen LogP contribution < -0.4 is 5.73 Å². The van der Waals surface area contributed by atoms with Crippen LogP contribution in [-0.4, -0.2) is 37.5 Å². The Labute approximate surface area is 103 Å². The minimum Gasteiger partial charge on any atom is -0.384 e. The van der Waals surface area contributed by atoms with Gasteiger partial charge < -0.3 is 10.5 Å². The van der Waals surface area contributed by atoms with E-state index in [9.17, 15) is 0 Å². The van der Waals surface area contributed by atoms with E-state index < -0.39 is 0 Å². The molecular weight excluding hydrogens is 214 g/mol. The van der Waals surface area contributed by atoms with Gasteiger partial charge in [0, 0.05) is 25.3 Å². The Kier molecular flexibility index (Phi) is 5.12. The second-order valence-corrected chi connectivity index (χ2v) is 4.33. The first-order valence-electron chi connectivity index (χ1n) is 5.67. The fourth-order valence-corrected chi connectivity index (χ4v) is 1.60. The van der Waals surface area contributed by atoms with Crippen LogP contribution >= 0.6 is 0 Å². The molecule has 0 aromatic heterocycles. The van der Waals surface area contributed by atoms with Crippen LogP contribution in [0.4, 0.5) is 0 Å². The van der Waals surface area contributed by atoms with Crippen LogP contribution in [0.2, 0.25) is 0 Å². The van der Waals surface area contributed by atoms with Crippen molar-refractivity contribution >= 4 is 5.84 Å². The van der Waals surface area contributed by atoms with Crippen molar-refractivity contribution in [2.75, 3.05) is 20.8 Å². The second-order valence-electron chi connectivity index (χ2n) is 4.33. The van der Waals surface area contributed by atoms with Gasteiger partial charge >= 0.3 is 0 Å². The van der Waals surface area contributed by atoms with Gasteiger partial charge in [0.15, 0.2) is 0 Å². The average Bonchev–Trinajstić information content (AvgIpc) is 2.30. The van der Waals surface area contributed by atoms with Crippen LogP contribution in [-0.2, 0) is 11.3 Å². The van der Waals surface area contributed by atoms with Crippen molar-refractivity contribution in [2.45, 2.75) is 19.5 Å². The quantitative estimate of drug-likeness (QED) is 0.579. The first-order chi connectivity index (χ1) is 8.04. The molecule has 94 valence electrons. The van der Waals surface area contributed by atoms with E-state index >= 15 is 0 Å². The number of likely N-dealkylation sites (N-methyl/N-ethyl adjacent to an activating group) is 1. The summed E-state index contributed by atoms with van der Waals surface area (Å²) in [5.41, 5.74) is 7.38. The van der Waals surface area contributed by atoms with Gasteiger partial charge in [-0.3, -0.25) is 10.3 Å². The number of benzene rings is 1. The molecule has 0 spiro atoms. The van der Waals surface area contributed by atoms with Gasteiger partial charge in [0.25, 0.3) is 0 Å². The topological polar surface area (TPSA) is 62.3 Å². The lowest BCUT2D eigenvalue weighted by Crippen LogP contribution is -2.32. The fourth-order valence-electron chi connectivity index (χ4n) is 1.60. The molecule has 17 heavy (non-hydrogen) atoms. The van der Waals surface area contributed by atoms with E-state index in [1.165, 1.54) is 5.56 Å². The third-order valence-corrected chi connectivity index (χ3v) is 2.86. The number of nitrogen functional groups attached to an aromatic ring is 1. The molecule has 0 aliphatic heterocycles. The molecule has 1 aromatic rings. The van der Waals surface area contributed by atoms with E-state index in [-0.39, 0.29) is 5.84 Å². The zero-order valence-electron chi connectivity index (χ0n) is 10.7. The average molecular weight is 235 g/mol. The van der Waals surface area contributed by atoms with Crippen molar-refractivity contribution in [2.24, 2.45) is 5.73 Å². The summed E-state index contributed by atoms with van der Waals surface area (Å²) in [6.07, 6.45) is 0. The molecule has 0 aliphatic carbocycles. The van der Waals surface area contributed by atoms with Crippen molar-refractivity contribution in [3.63, 3.8) is 0 Å². The second kappa shape index (κ2) is 6.37. The molecular formula is C13H21N3O. The van der Waals surface area contributed by atoms with Crippen molar-refractivity contribution < 1.29 is 4.74 Å². The summed E-state index contributed by atoms with van der Waals surface area (Å²) in [4.78, 5) is 2.23. The van der Waals surface area contributed by atoms with E-state index in [1.807, 2.05) is 24.3 Å². The van der Waals surface area contributed by atoms with Crippen LogP contribution in [0.1, 0.15) is 18.1 Å². The molecule has 0 bridgehead atoms. The highest BCUT2D eigenvalue weighted by Gasteiger charge is 2.09. The highest BCUT2D eigenvalue weighted by Crippen LogP contribution is 2.08. The summed E-state index contributed by atoms with van der Waals surface area (Å²) in [7, 11) is 3.79. The first kappa shape index (κ1) is 13.7. The summed E-state index contributed by atoms with van der Waals surface area (Å²) in [5, 5.41) is 7.32. The molecule has 1 rings (SSSR count). The molecule has 1 aromatic carbocycles. The van der Waals surface area contributed by atoms with Gasteiger partial charge in [0.05, 0.1) is 6.61 Å². The molecule has 0 aliphatic rings. The van der Waals surface area contributed by atoms with Crippen molar-refractivity contribution in [1.29, 1.82) is 5.41 Å². The normalized spacial score (nSPS) is 12.7. The number of amidine groups is 1. The highest BCUT2D eigenvalue weighted by atomic mass is 16.5. The Morgan fingerprint density at radius 1 is 1.41 bits per heavy atom. The van der Waals surface area contributed by atoms with Gasteiger partial charge in [0.1, 0.15) is 5.84 Å². The lowest BCUT2D eigenvalue weighted by molar-refractivity contribution is 0.112. The highest BCUT2D eigenvalue weighted by molar-refractivity contribution is 5.94. The third kappa shape index (κ3) is 4.17. The molecule has 1 unspecified atom stereocenters. The first-order valence-corrected chi connectivity index (χ1v) is 5.67.